The van der Waals surface area contributed by atoms with Crippen molar-refractivity contribution in [1.29, 1.82) is 0 Å². The molecular formula is C26H21ClN2OS. The van der Waals surface area contributed by atoms with E-state index in [9.17, 15) is 5.11 Å². The molecule has 0 spiro atoms. The zero-order valence-corrected chi connectivity index (χ0v) is 18.4. The second-order valence-corrected chi connectivity index (χ2v) is 9.02. The molecule has 5 rings (SSSR count). The molecule has 0 aliphatic heterocycles. The van der Waals surface area contributed by atoms with Crippen molar-refractivity contribution in [2.24, 2.45) is 0 Å². The minimum atomic E-state index is -0.466. The van der Waals surface area contributed by atoms with Gasteiger partial charge in [0.25, 0.3) is 0 Å². The summed E-state index contributed by atoms with van der Waals surface area (Å²) in [5, 5.41) is 13.8. The van der Waals surface area contributed by atoms with Crippen LogP contribution in [0.25, 0.3) is 33.1 Å². The third-order valence-corrected chi connectivity index (χ3v) is 6.79. The van der Waals surface area contributed by atoms with E-state index in [4.69, 9.17) is 16.6 Å². The van der Waals surface area contributed by atoms with Crippen molar-refractivity contribution in [2.45, 2.75) is 17.5 Å². The summed E-state index contributed by atoms with van der Waals surface area (Å²) in [6.07, 6.45) is 1.57. The van der Waals surface area contributed by atoms with Crippen LogP contribution in [-0.4, -0.2) is 26.5 Å². The molecule has 5 aromatic rings. The van der Waals surface area contributed by atoms with Gasteiger partial charge >= 0.3 is 0 Å². The Morgan fingerprint density at radius 1 is 0.935 bits per heavy atom. The van der Waals surface area contributed by atoms with Gasteiger partial charge in [0.05, 0.1) is 17.3 Å². The van der Waals surface area contributed by atoms with Crippen molar-refractivity contribution >= 4 is 45.2 Å². The van der Waals surface area contributed by atoms with Gasteiger partial charge < -0.3 is 9.67 Å². The predicted molar refractivity (Wildman–Crippen MR) is 131 cm³/mol. The number of halogens is 1. The summed E-state index contributed by atoms with van der Waals surface area (Å²) in [4.78, 5) is 5.95. The Morgan fingerprint density at radius 3 is 2.58 bits per heavy atom. The maximum atomic E-state index is 10.8. The fraction of sp³-hybridized carbons (Fsp3) is 0.115. The third kappa shape index (κ3) is 4.33. The van der Waals surface area contributed by atoms with E-state index in [1.807, 2.05) is 60.8 Å². The summed E-state index contributed by atoms with van der Waals surface area (Å²) in [5.74, 6) is 0.598. The molecule has 0 fully saturated rings. The van der Waals surface area contributed by atoms with Crippen LogP contribution in [0.4, 0.5) is 0 Å². The fourth-order valence-corrected chi connectivity index (χ4v) is 4.92. The average molecular weight is 445 g/mol. The molecule has 31 heavy (non-hydrogen) atoms. The molecule has 3 nitrogen and oxygen atoms in total. The van der Waals surface area contributed by atoms with E-state index in [1.165, 1.54) is 5.39 Å². The molecule has 0 bridgehead atoms. The van der Waals surface area contributed by atoms with Crippen molar-refractivity contribution in [3.05, 3.63) is 96.1 Å². The Morgan fingerprint density at radius 2 is 1.71 bits per heavy atom. The maximum Gasteiger partial charge on any atom is 0.0812 e. The normalized spacial score (nSPS) is 12.5. The Bertz CT molecular complexity index is 1350. The SMILES string of the molecule is OC(CSc1cc(-c2ccc(Cl)cc2)nc2ccccc12)Cn1ccc2ccccc21. The van der Waals surface area contributed by atoms with Gasteiger partial charge in [-0.1, -0.05) is 60.1 Å². The highest BCUT2D eigenvalue weighted by Crippen LogP contribution is 2.32. The van der Waals surface area contributed by atoms with Crippen LogP contribution in [0.2, 0.25) is 5.02 Å². The van der Waals surface area contributed by atoms with Crippen molar-refractivity contribution in [3.8, 4) is 11.3 Å². The fourth-order valence-electron chi connectivity index (χ4n) is 3.80. The van der Waals surface area contributed by atoms with Crippen LogP contribution >= 0.6 is 23.4 Å². The Balaban J connectivity index is 1.39. The van der Waals surface area contributed by atoms with Crippen molar-refractivity contribution in [3.63, 3.8) is 0 Å². The highest BCUT2D eigenvalue weighted by atomic mass is 35.5. The summed E-state index contributed by atoms with van der Waals surface area (Å²) in [6.45, 7) is 0.563. The topological polar surface area (TPSA) is 38.1 Å². The molecule has 2 aromatic heterocycles. The highest BCUT2D eigenvalue weighted by Gasteiger charge is 2.12. The molecule has 1 atom stereocenters. The van der Waals surface area contributed by atoms with Crippen LogP contribution in [0.3, 0.4) is 0 Å². The number of benzene rings is 3. The number of nitrogens with zero attached hydrogens (tertiary/aromatic N) is 2. The lowest BCUT2D eigenvalue weighted by molar-refractivity contribution is 0.180. The lowest BCUT2D eigenvalue weighted by Crippen LogP contribution is -2.17. The van der Waals surface area contributed by atoms with E-state index in [0.29, 0.717) is 17.3 Å². The van der Waals surface area contributed by atoms with Crippen LogP contribution in [0.15, 0.2) is 96.0 Å². The molecule has 5 heteroatoms. The van der Waals surface area contributed by atoms with Gasteiger partial charge in [-0.05, 0) is 41.8 Å². The second-order valence-electron chi connectivity index (χ2n) is 7.52. The van der Waals surface area contributed by atoms with E-state index in [1.54, 1.807) is 11.8 Å². The largest absolute Gasteiger partial charge is 0.390 e. The Labute approximate surface area is 190 Å². The Hall–Kier alpha value is -2.79. The smallest absolute Gasteiger partial charge is 0.0812 e. The van der Waals surface area contributed by atoms with Gasteiger partial charge in [-0.15, -0.1) is 11.8 Å². The van der Waals surface area contributed by atoms with E-state index < -0.39 is 6.10 Å². The minimum absolute atomic E-state index is 0.466. The number of fused-ring (bicyclic) bond motifs is 2. The van der Waals surface area contributed by atoms with Crippen molar-refractivity contribution < 1.29 is 5.11 Å². The average Bonchev–Trinajstić information content (AvgIpc) is 3.20. The summed E-state index contributed by atoms with van der Waals surface area (Å²) < 4.78 is 2.12. The summed E-state index contributed by atoms with van der Waals surface area (Å²) >= 11 is 7.72. The third-order valence-electron chi connectivity index (χ3n) is 5.34. The van der Waals surface area contributed by atoms with Gasteiger partial charge in [0.2, 0.25) is 0 Å². The standard InChI is InChI=1S/C26H21ClN2OS/c27-20-11-9-18(10-12-20)24-15-26(22-6-2-3-7-23(22)28-24)31-17-21(30)16-29-14-13-19-5-1-4-8-25(19)29/h1-15,21,30H,16-17H2. The number of rotatable bonds is 6. The number of pyridine rings is 1. The van der Waals surface area contributed by atoms with Crippen LogP contribution in [0.5, 0.6) is 0 Å². The molecule has 1 N–H and O–H groups in total. The highest BCUT2D eigenvalue weighted by molar-refractivity contribution is 7.99. The van der Waals surface area contributed by atoms with Gasteiger partial charge in [-0.2, -0.15) is 0 Å². The van der Waals surface area contributed by atoms with Crippen LogP contribution in [0.1, 0.15) is 0 Å². The number of hydrogen-bond acceptors (Lipinski definition) is 3. The van der Waals surface area contributed by atoms with Crippen molar-refractivity contribution in [2.75, 3.05) is 5.75 Å². The van der Waals surface area contributed by atoms with E-state index in [0.717, 1.165) is 32.6 Å². The minimum Gasteiger partial charge on any atom is -0.390 e. The van der Waals surface area contributed by atoms with Gasteiger partial charge in [0.1, 0.15) is 0 Å². The van der Waals surface area contributed by atoms with Gasteiger partial charge in [0.15, 0.2) is 0 Å². The molecular weight excluding hydrogens is 424 g/mol. The zero-order chi connectivity index (χ0) is 21.2. The predicted octanol–water partition coefficient (Wildman–Crippen LogP) is 6.66. The monoisotopic (exact) mass is 444 g/mol. The van der Waals surface area contributed by atoms with Crippen molar-refractivity contribution in [1.82, 2.24) is 9.55 Å². The zero-order valence-electron chi connectivity index (χ0n) is 16.8. The van der Waals surface area contributed by atoms with Gasteiger partial charge in [-0.25, -0.2) is 4.98 Å². The number of aliphatic hydroxyl groups excluding tert-OH is 1. The van der Waals surface area contributed by atoms with Crippen LogP contribution in [-0.2, 0) is 6.54 Å². The molecule has 0 aliphatic carbocycles. The van der Waals surface area contributed by atoms with E-state index in [-0.39, 0.29) is 0 Å². The number of para-hydroxylation sites is 2. The van der Waals surface area contributed by atoms with Crippen LogP contribution < -0.4 is 0 Å². The Kier molecular flexibility index (Phi) is 5.68. The molecule has 2 heterocycles. The quantitative estimate of drug-likeness (QED) is 0.297. The molecule has 0 amide bonds. The first-order valence-corrected chi connectivity index (χ1v) is 11.5. The number of aromatic nitrogens is 2. The number of thioether (sulfide) groups is 1. The van der Waals surface area contributed by atoms with Gasteiger partial charge in [-0.3, -0.25) is 0 Å². The number of hydrogen-bond donors (Lipinski definition) is 1. The number of aliphatic hydroxyl groups is 1. The van der Waals surface area contributed by atoms with E-state index >= 15 is 0 Å². The summed E-state index contributed by atoms with van der Waals surface area (Å²) in [5.41, 5.74) is 4.02. The summed E-state index contributed by atoms with van der Waals surface area (Å²) in [7, 11) is 0. The van der Waals surface area contributed by atoms with E-state index in [2.05, 4.69) is 34.9 Å². The molecule has 3 aromatic carbocycles. The molecule has 0 radical (unpaired) electrons. The molecule has 154 valence electrons. The molecule has 0 saturated heterocycles. The first kappa shape index (κ1) is 20.1. The first-order valence-electron chi connectivity index (χ1n) is 10.2. The van der Waals surface area contributed by atoms with Crippen LogP contribution in [0, 0.1) is 0 Å². The molecule has 0 aliphatic rings. The molecule has 0 saturated carbocycles. The molecule has 1 unspecified atom stereocenters. The van der Waals surface area contributed by atoms with Gasteiger partial charge in [0, 0.05) is 44.9 Å². The summed E-state index contributed by atoms with van der Waals surface area (Å²) in [6, 6.07) is 28.3. The maximum absolute atomic E-state index is 10.8. The first-order chi connectivity index (χ1) is 15.2. The second kappa shape index (κ2) is 8.75. The lowest BCUT2D eigenvalue weighted by atomic mass is 10.1. The lowest BCUT2D eigenvalue weighted by Gasteiger charge is -2.14.